The van der Waals surface area contributed by atoms with E-state index in [0.717, 1.165) is 16.9 Å². The minimum atomic E-state index is 0.525. The highest BCUT2D eigenvalue weighted by atomic mass is 15.0. The fourth-order valence-corrected chi connectivity index (χ4v) is 2.43. The van der Waals surface area contributed by atoms with Crippen LogP contribution in [0.2, 0.25) is 0 Å². The van der Waals surface area contributed by atoms with Gasteiger partial charge >= 0.3 is 0 Å². The summed E-state index contributed by atoms with van der Waals surface area (Å²) in [5.41, 5.74) is 10.6. The molecule has 0 heterocycles. The second kappa shape index (κ2) is 4.37. The number of nitrogens with two attached hydrogens (primary N) is 1. The lowest BCUT2D eigenvalue weighted by Crippen LogP contribution is -2.07. The predicted octanol–water partition coefficient (Wildman–Crippen LogP) is 3.55. The molecule has 1 fully saturated rings. The summed E-state index contributed by atoms with van der Waals surface area (Å²) in [4.78, 5) is 0. The van der Waals surface area contributed by atoms with E-state index in [2.05, 4.69) is 41.7 Å². The Kier molecular flexibility index (Phi) is 2.71. The summed E-state index contributed by atoms with van der Waals surface area (Å²) >= 11 is 0. The van der Waals surface area contributed by atoms with E-state index in [0.29, 0.717) is 12.0 Å². The second-order valence-corrected chi connectivity index (χ2v) is 5.04. The number of benzene rings is 2. The number of hydrogen-bond donors (Lipinski definition) is 2. The zero-order chi connectivity index (χ0) is 12.5. The monoisotopic (exact) mass is 238 g/mol. The third kappa shape index (κ3) is 2.06. The summed E-state index contributed by atoms with van der Waals surface area (Å²) < 4.78 is 0. The van der Waals surface area contributed by atoms with Gasteiger partial charge in [-0.3, -0.25) is 0 Å². The van der Waals surface area contributed by atoms with Crippen molar-refractivity contribution in [2.75, 3.05) is 11.1 Å². The van der Waals surface area contributed by atoms with Crippen LogP contribution >= 0.6 is 0 Å². The normalized spacial score (nSPS) is 21.6. The summed E-state index contributed by atoms with van der Waals surface area (Å²) in [5, 5.41) is 3.55. The molecule has 18 heavy (non-hydrogen) atoms. The predicted molar refractivity (Wildman–Crippen MR) is 76.8 cm³/mol. The molecule has 1 saturated carbocycles. The molecule has 2 nitrogen and oxygen atoms in total. The van der Waals surface area contributed by atoms with Crippen LogP contribution < -0.4 is 11.1 Å². The van der Waals surface area contributed by atoms with Crippen molar-refractivity contribution in [3.8, 4) is 0 Å². The van der Waals surface area contributed by atoms with E-state index >= 15 is 0 Å². The molecule has 1 aliphatic carbocycles. The van der Waals surface area contributed by atoms with Crippen molar-refractivity contribution in [1.29, 1.82) is 0 Å². The first kappa shape index (κ1) is 11.1. The van der Waals surface area contributed by atoms with E-state index in [9.17, 15) is 0 Å². The van der Waals surface area contributed by atoms with E-state index in [1.54, 1.807) is 0 Å². The molecule has 0 amide bonds. The first-order valence-corrected chi connectivity index (χ1v) is 6.42. The van der Waals surface area contributed by atoms with Crippen LogP contribution in [-0.4, -0.2) is 6.04 Å². The molecule has 0 spiro atoms. The largest absolute Gasteiger partial charge is 0.397 e. The SMILES string of the molecule is Cc1cccc(NC2CC2c2ccccc2)c1N. The average molecular weight is 238 g/mol. The first-order chi connectivity index (χ1) is 8.75. The Morgan fingerprint density at radius 3 is 2.61 bits per heavy atom. The average Bonchev–Trinajstić information content (AvgIpc) is 3.15. The minimum Gasteiger partial charge on any atom is -0.397 e. The Labute approximate surface area is 108 Å². The van der Waals surface area contributed by atoms with E-state index in [1.165, 1.54) is 12.0 Å². The molecule has 0 saturated heterocycles. The molecule has 3 rings (SSSR count). The number of nitrogen functional groups attached to an aromatic ring is 1. The lowest BCUT2D eigenvalue weighted by Gasteiger charge is -2.11. The quantitative estimate of drug-likeness (QED) is 0.803. The van der Waals surface area contributed by atoms with Crippen molar-refractivity contribution >= 4 is 11.4 Å². The van der Waals surface area contributed by atoms with Crippen molar-refractivity contribution in [3.05, 3.63) is 59.7 Å². The summed E-state index contributed by atoms with van der Waals surface area (Å²) in [7, 11) is 0. The van der Waals surface area contributed by atoms with Crippen LogP contribution in [0.25, 0.3) is 0 Å². The van der Waals surface area contributed by atoms with Crippen molar-refractivity contribution in [2.24, 2.45) is 0 Å². The maximum atomic E-state index is 6.08. The highest BCUT2D eigenvalue weighted by Crippen LogP contribution is 2.43. The molecular weight excluding hydrogens is 220 g/mol. The molecule has 2 atom stereocenters. The van der Waals surface area contributed by atoms with Gasteiger partial charge in [-0.05, 0) is 30.5 Å². The van der Waals surface area contributed by atoms with Gasteiger partial charge in [-0.15, -0.1) is 0 Å². The van der Waals surface area contributed by atoms with Crippen LogP contribution in [0, 0.1) is 6.92 Å². The highest BCUT2D eigenvalue weighted by molar-refractivity contribution is 5.70. The molecular formula is C16H18N2. The Morgan fingerprint density at radius 2 is 1.83 bits per heavy atom. The Morgan fingerprint density at radius 1 is 1.06 bits per heavy atom. The molecule has 0 bridgehead atoms. The molecule has 2 heteroatoms. The molecule has 1 aliphatic rings. The second-order valence-electron chi connectivity index (χ2n) is 5.04. The molecule has 3 N–H and O–H groups in total. The van der Waals surface area contributed by atoms with Crippen molar-refractivity contribution in [2.45, 2.75) is 25.3 Å². The van der Waals surface area contributed by atoms with E-state index in [-0.39, 0.29) is 0 Å². The smallest absolute Gasteiger partial charge is 0.0579 e. The van der Waals surface area contributed by atoms with Crippen LogP contribution in [0.1, 0.15) is 23.5 Å². The third-order valence-corrected chi connectivity index (χ3v) is 3.68. The topological polar surface area (TPSA) is 38.0 Å². The van der Waals surface area contributed by atoms with Crippen LogP contribution in [-0.2, 0) is 0 Å². The van der Waals surface area contributed by atoms with Gasteiger partial charge in [-0.1, -0.05) is 42.5 Å². The Balaban J connectivity index is 1.71. The van der Waals surface area contributed by atoms with Gasteiger partial charge in [0.1, 0.15) is 0 Å². The van der Waals surface area contributed by atoms with Gasteiger partial charge in [-0.2, -0.15) is 0 Å². The van der Waals surface area contributed by atoms with Gasteiger partial charge in [0.15, 0.2) is 0 Å². The maximum Gasteiger partial charge on any atom is 0.0579 e. The number of nitrogens with one attached hydrogen (secondary N) is 1. The van der Waals surface area contributed by atoms with Crippen molar-refractivity contribution in [3.63, 3.8) is 0 Å². The molecule has 2 unspecified atom stereocenters. The van der Waals surface area contributed by atoms with Crippen LogP contribution in [0.4, 0.5) is 11.4 Å². The molecule has 2 aromatic rings. The summed E-state index contributed by atoms with van der Waals surface area (Å²) in [5.74, 6) is 0.631. The Hall–Kier alpha value is -1.96. The minimum absolute atomic E-state index is 0.525. The molecule has 92 valence electrons. The van der Waals surface area contributed by atoms with E-state index in [1.807, 2.05) is 19.1 Å². The molecule has 0 radical (unpaired) electrons. The fraction of sp³-hybridized carbons (Fsp3) is 0.250. The van der Waals surface area contributed by atoms with Gasteiger partial charge < -0.3 is 11.1 Å². The molecule has 2 aromatic carbocycles. The van der Waals surface area contributed by atoms with Gasteiger partial charge in [-0.25, -0.2) is 0 Å². The summed E-state index contributed by atoms with van der Waals surface area (Å²) in [6.45, 7) is 2.04. The first-order valence-electron chi connectivity index (χ1n) is 6.42. The number of para-hydroxylation sites is 1. The molecule has 0 aromatic heterocycles. The Bertz CT molecular complexity index is 548. The zero-order valence-corrected chi connectivity index (χ0v) is 10.6. The third-order valence-electron chi connectivity index (χ3n) is 3.68. The number of anilines is 2. The van der Waals surface area contributed by atoms with E-state index < -0.39 is 0 Å². The molecule has 0 aliphatic heterocycles. The number of rotatable bonds is 3. The number of hydrogen-bond acceptors (Lipinski definition) is 2. The van der Waals surface area contributed by atoms with Crippen LogP contribution in [0.5, 0.6) is 0 Å². The lowest BCUT2D eigenvalue weighted by atomic mass is 10.1. The highest BCUT2D eigenvalue weighted by Gasteiger charge is 2.38. The van der Waals surface area contributed by atoms with Gasteiger partial charge in [0, 0.05) is 12.0 Å². The van der Waals surface area contributed by atoms with E-state index in [4.69, 9.17) is 5.73 Å². The van der Waals surface area contributed by atoms with Gasteiger partial charge in [0.25, 0.3) is 0 Å². The van der Waals surface area contributed by atoms with Crippen molar-refractivity contribution < 1.29 is 0 Å². The standard InChI is InChI=1S/C16H18N2/c1-11-6-5-9-14(16(11)17)18-15-10-13(15)12-7-3-2-4-8-12/h2-9,13,15,18H,10,17H2,1H3. The summed E-state index contributed by atoms with van der Waals surface area (Å²) in [6, 6.07) is 17.3. The maximum absolute atomic E-state index is 6.08. The van der Waals surface area contributed by atoms with Gasteiger partial charge in [0.05, 0.1) is 11.4 Å². The van der Waals surface area contributed by atoms with Gasteiger partial charge in [0.2, 0.25) is 0 Å². The summed E-state index contributed by atoms with van der Waals surface area (Å²) in [6.07, 6.45) is 1.19. The van der Waals surface area contributed by atoms with Crippen molar-refractivity contribution in [1.82, 2.24) is 0 Å². The zero-order valence-electron chi connectivity index (χ0n) is 10.6. The number of aryl methyl sites for hydroxylation is 1. The lowest BCUT2D eigenvalue weighted by molar-refractivity contribution is 1.05. The fourth-order valence-electron chi connectivity index (χ4n) is 2.43. The van der Waals surface area contributed by atoms with Crippen LogP contribution in [0.3, 0.4) is 0 Å². The van der Waals surface area contributed by atoms with Crippen LogP contribution in [0.15, 0.2) is 48.5 Å².